The van der Waals surface area contributed by atoms with Crippen LogP contribution >= 0.6 is 0 Å². The SMILES string of the molecule is CC(=O)O[C@@H](C[C@H](OC1=CC=CC(C)(C)C=C1)C(C)C)C(C)C. The molecule has 0 bridgehead atoms. The molecule has 130 valence electrons. The first-order valence-electron chi connectivity index (χ1n) is 8.53. The van der Waals surface area contributed by atoms with Crippen LogP contribution in [-0.4, -0.2) is 18.2 Å². The van der Waals surface area contributed by atoms with Gasteiger partial charge < -0.3 is 9.47 Å². The summed E-state index contributed by atoms with van der Waals surface area (Å²) in [7, 11) is 0. The molecule has 0 heterocycles. The van der Waals surface area contributed by atoms with Crippen LogP contribution in [-0.2, 0) is 14.3 Å². The minimum absolute atomic E-state index is 0.00672. The van der Waals surface area contributed by atoms with Gasteiger partial charge in [0.2, 0.25) is 0 Å². The summed E-state index contributed by atoms with van der Waals surface area (Å²) in [6.07, 6.45) is 11.0. The number of esters is 1. The van der Waals surface area contributed by atoms with Crippen molar-refractivity contribution in [1.82, 2.24) is 0 Å². The van der Waals surface area contributed by atoms with Crippen LogP contribution in [0, 0.1) is 17.3 Å². The molecule has 0 radical (unpaired) electrons. The predicted octanol–water partition coefficient (Wildman–Crippen LogP) is 5.04. The van der Waals surface area contributed by atoms with E-state index in [-0.39, 0.29) is 29.5 Å². The highest BCUT2D eigenvalue weighted by Crippen LogP contribution is 2.26. The Morgan fingerprint density at radius 2 is 1.70 bits per heavy atom. The first-order valence-corrected chi connectivity index (χ1v) is 8.53. The average molecular weight is 320 g/mol. The Bertz CT molecular complexity index is 481. The van der Waals surface area contributed by atoms with Crippen molar-refractivity contribution in [3.63, 3.8) is 0 Å². The lowest BCUT2D eigenvalue weighted by atomic mass is 9.93. The summed E-state index contributed by atoms with van der Waals surface area (Å²) in [5.74, 6) is 1.22. The lowest BCUT2D eigenvalue weighted by Gasteiger charge is -2.29. The van der Waals surface area contributed by atoms with Gasteiger partial charge >= 0.3 is 5.97 Å². The van der Waals surface area contributed by atoms with Crippen molar-refractivity contribution in [2.75, 3.05) is 0 Å². The third-order valence-corrected chi connectivity index (χ3v) is 4.02. The van der Waals surface area contributed by atoms with Gasteiger partial charge in [-0.05, 0) is 24.0 Å². The normalized spacial score (nSPS) is 19.3. The monoisotopic (exact) mass is 320 g/mol. The third kappa shape index (κ3) is 7.06. The van der Waals surface area contributed by atoms with Gasteiger partial charge in [0.15, 0.2) is 0 Å². The summed E-state index contributed by atoms with van der Waals surface area (Å²) < 4.78 is 11.7. The van der Waals surface area contributed by atoms with Gasteiger partial charge in [-0.1, -0.05) is 59.8 Å². The number of carbonyl (C=O) groups is 1. The molecule has 2 atom stereocenters. The lowest BCUT2D eigenvalue weighted by Crippen LogP contribution is -2.31. The Hall–Kier alpha value is -1.51. The first kappa shape index (κ1) is 19.5. The second kappa shape index (κ2) is 8.37. The fourth-order valence-corrected chi connectivity index (χ4v) is 2.41. The Labute approximate surface area is 141 Å². The Morgan fingerprint density at radius 1 is 1.09 bits per heavy atom. The average Bonchev–Trinajstić information content (AvgIpc) is 2.57. The Morgan fingerprint density at radius 3 is 2.22 bits per heavy atom. The number of hydrogen-bond donors (Lipinski definition) is 0. The number of ether oxygens (including phenoxy) is 2. The molecular formula is C20H32O3. The molecule has 0 aromatic carbocycles. The van der Waals surface area contributed by atoms with Crippen molar-refractivity contribution in [3.05, 3.63) is 36.1 Å². The van der Waals surface area contributed by atoms with Crippen LogP contribution in [0.4, 0.5) is 0 Å². The maximum absolute atomic E-state index is 11.3. The van der Waals surface area contributed by atoms with Crippen molar-refractivity contribution in [1.29, 1.82) is 0 Å². The van der Waals surface area contributed by atoms with Crippen molar-refractivity contribution in [3.8, 4) is 0 Å². The molecule has 0 aliphatic heterocycles. The predicted molar refractivity (Wildman–Crippen MR) is 94.9 cm³/mol. The van der Waals surface area contributed by atoms with E-state index in [0.717, 1.165) is 5.76 Å². The second-order valence-corrected chi connectivity index (χ2v) is 7.61. The van der Waals surface area contributed by atoms with Gasteiger partial charge in [0.05, 0.1) is 0 Å². The molecule has 0 N–H and O–H groups in total. The van der Waals surface area contributed by atoms with Crippen molar-refractivity contribution in [2.45, 2.75) is 67.1 Å². The van der Waals surface area contributed by atoms with Crippen LogP contribution in [0.3, 0.4) is 0 Å². The Kier molecular flexibility index (Phi) is 7.11. The summed E-state index contributed by atoms with van der Waals surface area (Å²) in [6.45, 7) is 14.2. The van der Waals surface area contributed by atoms with E-state index in [1.165, 1.54) is 6.92 Å². The molecular weight excluding hydrogens is 288 g/mol. The summed E-state index contributed by atoms with van der Waals surface area (Å²) >= 11 is 0. The number of allylic oxidation sites excluding steroid dienone is 5. The molecule has 1 rings (SSSR count). The summed E-state index contributed by atoms with van der Waals surface area (Å²) in [6, 6.07) is 0. The van der Waals surface area contributed by atoms with Gasteiger partial charge in [0.25, 0.3) is 0 Å². The molecule has 1 aliphatic carbocycles. The smallest absolute Gasteiger partial charge is 0.302 e. The van der Waals surface area contributed by atoms with Gasteiger partial charge in [-0.15, -0.1) is 0 Å². The zero-order valence-electron chi connectivity index (χ0n) is 15.6. The molecule has 0 unspecified atom stereocenters. The van der Waals surface area contributed by atoms with E-state index in [4.69, 9.17) is 9.47 Å². The molecule has 3 heteroatoms. The molecule has 0 fully saturated rings. The van der Waals surface area contributed by atoms with E-state index >= 15 is 0 Å². The fraction of sp³-hybridized carbons (Fsp3) is 0.650. The van der Waals surface area contributed by atoms with Gasteiger partial charge in [0.1, 0.15) is 18.0 Å². The van der Waals surface area contributed by atoms with Crippen molar-refractivity contribution >= 4 is 5.97 Å². The summed E-state index contributed by atoms with van der Waals surface area (Å²) in [5, 5.41) is 0. The fourth-order valence-electron chi connectivity index (χ4n) is 2.41. The van der Waals surface area contributed by atoms with E-state index in [1.807, 2.05) is 18.2 Å². The van der Waals surface area contributed by atoms with Crippen molar-refractivity contribution in [2.24, 2.45) is 17.3 Å². The molecule has 0 aromatic heterocycles. The molecule has 0 aromatic rings. The van der Waals surface area contributed by atoms with Gasteiger partial charge in [0, 0.05) is 18.8 Å². The highest BCUT2D eigenvalue weighted by Gasteiger charge is 2.26. The standard InChI is InChI=1S/C20H32O3/c1-14(2)18(22-16(5)21)13-19(15(3)4)23-17-9-8-11-20(6,7)12-10-17/h8-12,14-15,18-19H,13H2,1-7H3/t18-,19-/m0/s1. The van der Waals surface area contributed by atoms with E-state index in [2.05, 4.69) is 53.7 Å². The van der Waals surface area contributed by atoms with Crippen molar-refractivity contribution < 1.29 is 14.3 Å². The van der Waals surface area contributed by atoms with Gasteiger partial charge in [-0.2, -0.15) is 0 Å². The summed E-state index contributed by atoms with van der Waals surface area (Å²) in [5.41, 5.74) is 0.0349. The number of hydrogen-bond acceptors (Lipinski definition) is 3. The van der Waals surface area contributed by atoms with E-state index in [1.54, 1.807) is 0 Å². The molecule has 23 heavy (non-hydrogen) atoms. The van der Waals surface area contributed by atoms with Crippen LogP contribution in [0.5, 0.6) is 0 Å². The van der Waals surface area contributed by atoms with E-state index < -0.39 is 0 Å². The largest absolute Gasteiger partial charge is 0.490 e. The van der Waals surface area contributed by atoms with Crippen LogP contribution in [0.1, 0.15) is 54.9 Å². The second-order valence-electron chi connectivity index (χ2n) is 7.61. The van der Waals surface area contributed by atoms with E-state index in [9.17, 15) is 4.79 Å². The maximum Gasteiger partial charge on any atom is 0.302 e. The maximum atomic E-state index is 11.3. The minimum atomic E-state index is -0.232. The highest BCUT2D eigenvalue weighted by molar-refractivity contribution is 5.66. The first-order chi connectivity index (χ1) is 10.6. The molecule has 0 amide bonds. The van der Waals surface area contributed by atoms with Crippen LogP contribution in [0.15, 0.2) is 36.1 Å². The third-order valence-electron chi connectivity index (χ3n) is 4.02. The van der Waals surface area contributed by atoms with Gasteiger partial charge in [-0.3, -0.25) is 4.79 Å². The summed E-state index contributed by atoms with van der Waals surface area (Å²) in [4.78, 5) is 11.3. The molecule has 3 nitrogen and oxygen atoms in total. The zero-order chi connectivity index (χ0) is 17.6. The Balaban J connectivity index is 2.81. The lowest BCUT2D eigenvalue weighted by molar-refractivity contribution is -0.150. The minimum Gasteiger partial charge on any atom is -0.490 e. The van der Waals surface area contributed by atoms with Crippen LogP contribution in [0.2, 0.25) is 0 Å². The molecule has 0 saturated heterocycles. The molecule has 0 saturated carbocycles. The number of carbonyl (C=O) groups excluding carboxylic acids is 1. The molecule has 1 aliphatic rings. The topological polar surface area (TPSA) is 35.5 Å². The van der Waals surface area contributed by atoms with E-state index in [0.29, 0.717) is 12.3 Å². The van der Waals surface area contributed by atoms with Crippen LogP contribution < -0.4 is 0 Å². The van der Waals surface area contributed by atoms with Gasteiger partial charge in [-0.25, -0.2) is 0 Å². The zero-order valence-corrected chi connectivity index (χ0v) is 15.6. The highest BCUT2D eigenvalue weighted by atomic mass is 16.5. The quantitative estimate of drug-likeness (QED) is 0.616. The number of rotatable bonds is 7. The molecule has 0 spiro atoms. The van der Waals surface area contributed by atoms with Crippen LogP contribution in [0.25, 0.3) is 0 Å².